The highest BCUT2D eigenvalue weighted by Gasteiger charge is 2.12. The van der Waals surface area contributed by atoms with E-state index in [1.165, 1.54) is 19.4 Å². The number of carbonyl (C=O) groups is 1. The van der Waals surface area contributed by atoms with Crippen molar-refractivity contribution in [2.75, 3.05) is 23.5 Å². The number of pyridine rings is 1. The number of nitrogens with zero attached hydrogens (tertiary/aromatic N) is 1. The molecule has 2 aromatic heterocycles. The number of hydrogen-bond donors (Lipinski definition) is 4. The molecule has 0 saturated heterocycles. The Hall–Kier alpha value is -3.42. The lowest BCUT2D eigenvalue weighted by Crippen LogP contribution is -2.19. The molecule has 0 spiro atoms. The topological polar surface area (TPSA) is 105 Å². The summed E-state index contributed by atoms with van der Waals surface area (Å²) in [6, 6.07) is 14.5. The van der Waals surface area contributed by atoms with Gasteiger partial charge < -0.3 is 26.1 Å². The molecule has 0 fully saturated rings. The van der Waals surface area contributed by atoms with E-state index in [0.717, 1.165) is 0 Å². The smallest absolute Gasteiger partial charge is 0.323 e. The fourth-order valence-corrected chi connectivity index (χ4v) is 3.24. The first kappa shape index (κ1) is 19.5. The van der Waals surface area contributed by atoms with E-state index in [1.54, 1.807) is 48.5 Å². The second kappa shape index (κ2) is 9.59. The molecule has 2 aromatic carbocycles. The maximum atomic E-state index is 12.6. The minimum absolute atomic E-state index is 0. The van der Waals surface area contributed by atoms with E-state index in [4.69, 9.17) is 24.8 Å². The molecule has 0 aliphatic rings. The summed E-state index contributed by atoms with van der Waals surface area (Å²) in [5.74, 6) is 0.703. The number of ether oxygens (including phenoxy) is 1. The fraction of sp³-hybridized carbons (Fsp3) is 0.0909. The Kier molecular flexibility index (Phi) is 6.05. The van der Waals surface area contributed by atoms with Crippen LogP contribution in [-0.2, 0) is 6.37 Å². The Bertz CT molecular complexity index is 1310. The van der Waals surface area contributed by atoms with Gasteiger partial charge in [-0.05, 0) is 54.1 Å². The summed E-state index contributed by atoms with van der Waals surface area (Å²) in [7, 11) is 1.50. The number of rotatable bonds is 5. The first-order chi connectivity index (χ1) is 15.3. The molecule has 160 valence electrons. The molecule has 0 atom stereocenters. The van der Waals surface area contributed by atoms with Crippen LogP contribution in [0.3, 0.4) is 0 Å². The monoisotopic (exact) mass is 459 g/mol. The summed E-state index contributed by atoms with van der Waals surface area (Å²) in [6.07, 6.45) is -0.379. The largest absolute Gasteiger partial charge is 0.495 e. The molecule has 4 aromatic rings. The number of nitrogens with one attached hydrogen (secondary N) is 3. The number of nitrogen functional groups attached to an aromatic ring is 1. The summed E-state index contributed by atoms with van der Waals surface area (Å²) in [6.45, 7) is 0. The third-order valence-electron chi connectivity index (χ3n) is 4.38. The van der Waals surface area contributed by atoms with Crippen molar-refractivity contribution in [3.05, 3.63) is 77.1 Å². The Morgan fingerprint density at radius 2 is 2.00 bits per heavy atom. The zero-order valence-corrected chi connectivity index (χ0v) is 18.0. The van der Waals surface area contributed by atoms with Crippen LogP contribution in [0.2, 0.25) is 5.02 Å². The predicted octanol–water partition coefficient (Wildman–Crippen LogP) is 5.46. The van der Waals surface area contributed by atoms with Crippen LogP contribution in [0.15, 0.2) is 60.8 Å². The zero-order chi connectivity index (χ0) is 22.9. The molecule has 31 heavy (non-hydrogen) atoms. The summed E-state index contributed by atoms with van der Waals surface area (Å²) in [5.41, 5.74) is 8.02. The zero-order valence-electron chi connectivity index (χ0n) is 18.4. The van der Waals surface area contributed by atoms with Crippen molar-refractivity contribution in [2.24, 2.45) is 0 Å². The van der Waals surface area contributed by atoms with E-state index in [1.807, 2.05) is 0 Å². The van der Waals surface area contributed by atoms with E-state index >= 15 is 0 Å². The molecular weight excluding hydrogens is 437 g/mol. The van der Waals surface area contributed by atoms with Crippen LogP contribution in [0, 0.1) is 0 Å². The molecular formula is C22H21Cl2N5O2. The lowest BCUT2D eigenvalue weighted by atomic mass is 10.1. The number of methoxy groups -OCH3 is 1. The molecule has 0 aliphatic carbocycles. The lowest BCUT2D eigenvalue weighted by molar-refractivity contribution is 0.262. The predicted molar refractivity (Wildman–Crippen MR) is 128 cm³/mol. The fourth-order valence-electron chi connectivity index (χ4n) is 3.07. The summed E-state index contributed by atoms with van der Waals surface area (Å²) in [4.78, 5) is 19.7. The van der Waals surface area contributed by atoms with Crippen molar-refractivity contribution in [3.8, 4) is 5.75 Å². The number of H-pyrrole nitrogens is 1. The van der Waals surface area contributed by atoms with Crippen molar-refractivity contribution < 1.29 is 12.3 Å². The lowest BCUT2D eigenvalue weighted by Gasteiger charge is -2.12. The van der Waals surface area contributed by atoms with E-state index in [2.05, 4.69) is 20.6 Å². The highest BCUT2D eigenvalue weighted by atomic mass is 35.5. The van der Waals surface area contributed by atoms with Gasteiger partial charge in [0.15, 0.2) is 0 Å². The number of urea groups is 1. The van der Waals surface area contributed by atoms with Crippen molar-refractivity contribution >= 4 is 58.1 Å². The number of amides is 2. The van der Waals surface area contributed by atoms with Crippen molar-refractivity contribution in [1.29, 1.82) is 0 Å². The van der Waals surface area contributed by atoms with Gasteiger partial charge in [-0.2, -0.15) is 0 Å². The minimum atomic E-state index is -1.84. The van der Waals surface area contributed by atoms with Crippen LogP contribution in [0.4, 0.5) is 22.0 Å². The van der Waals surface area contributed by atoms with Gasteiger partial charge in [0.1, 0.15) is 11.6 Å². The maximum Gasteiger partial charge on any atom is 0.323 e. The van der Waals surface area contributed by atoms with E-state index in [0.29, 0.717) is 44.3 Å². The number of aromatic nitrogens is 2. The number of hydrogen-bond acceptors (Lipinski definition) is 4. The molecule has 7 nitrogen and oxygen atoms in total. The molecule has 2 amide bonds. The standard InChI is InChI=1S/C22H20ClN5O2.ClH/c1-30-20-6-5-14(23)11-19(20)28-22(29)27-18-4-2-3-17-16(18)12-15(26-17)9-13-7-8-25-21(24)10-13;/h2-8,10-12,26H,9H2,1H3,(H2,24,25)(H2,27,28,29);1H/i9D2;. The number of fused-ring (bicyclic) bond motifs is 1. The van der Waals surface area contributed by atoms with Crippen molar-refractivity contribution in [2.45, 2.75) is 6.37 Å². The first-order valence-corrected chi connectivity index (χ1v) is 9.41. The van der Waals surface area contributed by atoms with Crippen LogP contribution < -0.4 is 21.1 Å². The summed E-state index contributed by atoms with van der Waals surface area (Å²) < 4.78 is 22.4. The Morgan fingerprint density at radius 1 is 1.19 bits per heavy atom. The third kappa shape index (κ3) is 5.20. The van der Waals surface area contributed by atoms with Gasteiger partial charge in [0.05, 0.1) is 18.5 Å². The van der Waals surface area contributed by atoms with Crippen LogP contribution in [0.5, 0.6) is 5.75 Å². The number of halogens is 2. The van der Waals surface area contributed by atoms with Crippen LogP contribution >= 0.6 is 24.0 Å². The molecule has 5 N–H and O–H groups in total. The van der Waals surface area contributed by atoms with Crippen LogP contribution in [-0.4, -0.2) is 23.1 Å². The Labute approximate surface area is 193 Å². The molecule has 9 heteroatoms. The van der Waals surface area contributed by atoms with Crippen LogP contribution in [0.25, 0.3) is 10.9 Å². The number of nitrogens with two attached hydrogens (primary N) is 1. The highest BCUT2D eigenvalue weighted by Crippen LogP contribution is 2.29. The van der Waals surface area contributed by atoms with E-state index in [9.17, 15) is 4.79 Å². The van der Waals surface area contributed by atoms with Crippen molar-refractivity contribution in [1.82, 2.24) is 9.97 Å². The van der Waals surface area contributed by atoms with Gasteiger partial charge in [0, 0.05) is 36.9 Å². The van der Waals surface area contributed by atoms with Gasteiger partial charge in [0.2, 0.25) is 0 Å². The average Bonchev–Trinajstić information content (AvgIpc) is 3.20. The molecule has 0 radical (unpaired) electrons. The number of benzene rings is 2. The quantitative estimate of drug-likeness (QED) is 0.317. The second-order valence-electron chi connectivity index (χ2n) is 6.47. The van der Waals surface area contributed by atoms with Crippen molar-refractivity contribution in [3.63, 3.8) is 0 Å². The molecule has 0 saturated carbocycles. The Morgan fingerprint density at radius 3 is 2.77 bits per heavy atom. The second-order valence-corrected chi connectivity index (χ2v) is 6.90. The molecule has 0 unspecified atom stereocenters. The van der Waals surface area contributed by atoms with Gasteiger partial charge in [-0.25, -0.2) is 9.78 Å². The molecule has 2 heterocycles. The summed E-state index contributed by atoms with van der Waals surface area (Å²) in [5, 5.41) is 6.63. The molecule has 4 rings (SSSR count). The first-order valence-electron chi connectivity index (χ1n) is 10.0. The van der Waals surface area contributed by atoms with Gasteiger partial charge in [-0.3, -0.25) is 0 Å². The van der Waals surface area contributed by atoms with E-state index < -0.39 is 12.4 Å². The average molecular weight is 460 g/mol. The maximum absolute atomic E-state index is 12.6. The molecule has 0 bridgehead atoms. The third-order valence-corrected chi connectivity index (χ3v) is 4.62. The minimum Gasteiger partial charge on any atom is -0.495 e. The van der Waals surface area contributed by atoms with Gasteiger partial charge in [-0.15, -0.1) is 12.4 Å². The number of anilines is 3. The highest BCUT2D eigenvalue weighted by molar-refractivity contribution is 6.31. The van der Waals surface area contributed by atoms with Gasteiger partial charge in [0.25, 0.3) is 0 Å². The van der Waals surface area contributed by atoms with Gasteiger partial charge >= 0.3 is 6.03 Å². The normalized spacial score (nSPS) is 11.8. The number of aromatic amines is 1. The molecule has 0 aliphatic heterocycles. The van der Waals surface area contributed by atoms with Gasteiger partial charge in [-0.1, -0.05) is 17.7 Å². The SMILES string of the molecule is Cl.[2H]C([2H])(c1ccnc(N)c1)c1cc2c(NC(=O)Nc3cc(Cl)ccc3OC)cccc2[nH]1. The Balaban J connectivity index is 0.00000306. The van der Waals surface area contributed by atoms with Crippen LogP contribution in [0.1, 0.15) is 14.0 Å². The summed E-state index contributed by atoms with van der Waals surface area (Å²) >= 11 is 6.02. The van der Waals surface area contributed by atoms with E-state index in [-0.39, 0.29) is 18.2 Å². The number of carbonyl (C=O) groups excluding carboxylic acids is 1.